The topological polar surface area (TPSA) is 105 Å². The second-order valence-electron chi connectivity index (χ2n) is 6.20. The summed E-state index contributed by atoms with van der Waals surface area (Å²) in [6.45, 7) is 0. The molecule has 8 heteroatoms. The molecule has 3 N–H and O–H groups in total. The number of hydrogen-bond acceptors (Lipinski definition) is 4. The number of aromatic nitrogens is 2. The lowest BCUT2D eigenvalue weighted by molar-refractivity contribution is 0.0993. The normalized spacial score (nSPS) is 10.8. The molecule has 1 amide bonds. The minimum absolute atomic E-state index is 0.0792. The van der Waals surface area contributed by atoms with Gasteiger partial charge in [-0.05, 0) is 57.9 Å². The molecule has 2 aromatic carbocycles. The van der Waals surface area contributed by atoms with Gasteiger partial charge in [0, 0.05) is 5.69 Å². The van der Waals surface area contributed by atoms with E-state index in [9.17, 15) is 19.6 Å². The van der Waals surface area contributed by atoms with Crippen LogP contribution in [-0.2, 0) is 0 Å². The van der Waals surface area contributed by atoms with Crippen LogP contribution in [-0.4, -0.2) is 20.6 Å². The number of hydrogen-bond donors (Lipinski definition) is 2. The lowest BCUT2D eigenvalue weighted by atomic mass is 10.1. The fourth-order valence-electron chi connectivity index (χ4n) is 3.27. The summed E-state index contributed by atoms with van der Waals surface area (Å²) in [5.74, 6) is -1.79. The zero-order valence-corrected chi connectivity index (χ0v) is 16.3. The number of carbonyl (C=O) groups is 1. The minimum Gasteiger partial charge on any atom is -0.505 e. The first kappa shape index (κ1) is 18.7. The molecule has 0 saturated carbocycles. The third-order valence-electron chi connectivity index (χ3n) is 4.49. The number of benzene rings is 2. The number of primary amides is 1. The third kappa shape index (κ3) is 2.92. The molecule has 29 heavy (non-hydrogen) atoms. The highest BCUT2D eigenvalue weighted by atomic mass is 79.9. The van der Waals surface area contributed by atoms with Gasteiger partial charge in [-0.2, -0.15) is 5.26 Å². The van der Waals surface area contributed by atoms with Crippen LogP contribution in [0.15, 0.2) is 59.1 Å². The number of nitrogens with two attached hydrogens (primary N) is 1. The lowest BCUT2D eigenvalue weighted by Crippen LogP contribution is -2.14. The zero-order valence-electron chi connectivity index (χ0n) is 14.7. The Bertz CT molecular complexity index is 1310. The number of amides is 1. The van der Waals surface area contributed by atoms with Gasteiger partial charge in [0.1, 0.15) is 11.9 Å². The van der Waals surface area contributed by atoms with Gasteiger partial charge in [-0.15, -0.1) is 0 Å². The average molecular weight is 451 g/mol. The molecule has 6 nitrogen and oxygen atoms in total. The number of pyridine rings is 1. The fraction of sp³-hybridized carbons (Fsp3) is 0. The van der Waals surface area contributed by atoms with E-state index >= 15 is 0 Å². The Hall–Kier alpha value is -3.70. The highest BCUT2D eigenvalue weighted by molar-refractivity contribution is 9.10. The molecular weight excluding hydrogens is 439 g/mol. The van der Waals surface area contributed by atoms with Crippen LogP contribution in [0.25, 0.3) is 27.8 Å². The van der Waals surface area contributed by atoms with Crippen molar-refractivity contribution in [2.75, 3.05) is 0 Å². The number of halogens is 2. The Morgan fingerprint density at radius 2 is 1.83 bits per heavy atom. The maximum Gasteiger partial charge on any atom is 0.271 e. The van der Waals surface area contributed by atoms with Gasteiger partial charge in [0.2, 0.25) is 0 Å². The predicted octanol–water partition coefficient (Wildman–Crippen LogP) is 4.27. The summed E-state index contributed by atoms with van der Waals surface area (Å²) in [4.78, 5) is 15.7. The van der Waals surface area contributed by atoms with Crippen molar-refractivity contribution >= 4 is 32.7 Å². The van der Waals surface area contributed by atoms with Crippen LogP contribution < -0.4 is 5.73 Å². The second-order valence-corrected chi connectivity index (χ2v) is 6.99. The molecule has 0 unspecified atom stereocenters. The molecule has 4 aromatic rings. The van der Waals surface area contributed by atoms with Crippen molar-refractivity contribution < 1.29 is 14.3 Å². The first-order valence-electron chi connectivity index (χ1n) is 8.42. The summed E-state index contributed by atoms with van der Waals surface area (Å²) in [5.41, 5.74) is 7.02. The van der Waals surface area contributed by atoms with E-state index in [1.54, 1.807) is 16.7 Å². The molecule has 142 valence electrons. The van der Waals surface area contributed by atoms with Crippen LogP contribution in [0.5, 0.6) is 5.75 Å². The van der Waals surface area contributed by atoms with Gasteiger partial charge in [0.05, 0.1) is 21.1 Å². The number of fused-ring (bicyclic) bond motifs is 1. The fourth-order valence-corrected chi connectivity index (χ4v) is 4.05. The lowest BCUT2D eigenvalue weighted by Gasteiger charge is -2.12. The Balaban J connectivity index is 2.24. The van der Waals surface area contributed by atoms with E-state index in [4.69, 9.17) is 5.73 Å². The highest BCUT2D eigenvalue weighted by Crippen LogP contribution is 2.45. The Kier molecular flexibility index (Phi) is 4.53. The van der Waals surface area contributed by atoms with Crippen molar-refractivity contribution in [2.45, 2.75) is 0 Å². The van der Waals surface area contributed by atoms with Gasteiger partial charge in [0.25, 0.3) is 5.91 Å². The molecule has 0 aliphatic rings. The van der Waals surface area contributed by atoms with Crippen LogP contribution in [0, 0.1) is 17.1 Å². The summed E-state index contributed by atoms with van der Waals surface area (Å²) in [6, 6.07) is 16.9. The highest BCUT2D eigenvalue weighted by Gasteiger charge is 2.27. The van der Waals surface area contributed by atoms with Crippen LogP contribution in [0.4, 0.5) is 4.39 Å². The molecule has 0 bridgehead atoms. The van der Waals surface area contributed by atoms with Crippen LogP contribution in [0.2, 0.25) is 0 Å². The maximum absolute atomic E-state index is 13.5. The van der Waals surface area contributed by atoms with Crippen molar-refractivity contribution in [1.82, 2.24) is 9.55 Å². The zero-order chi connectivity index (χ0) is 20.7. The van der Waals surface area contributed by atoms with Crippen molar-refractivity contribution in [3.63, 3.8) is 0 Å². The summed E-state index contributed by atoms with van der Waals surface area (Å²) >= 11 is 3.49. The molecule has 0 radical (unpaired) electrons. The second kappa shape index (κ2) is 7.04. The Labute approximate surface area is 172 Å². The Morgan fingerprint density at radius 1 is 1.17 bits per heavy atom. The summed E-state index contributed by atoms with van der Waals surface area (Å²) in [7, 11) is 0. The van der Waals surface area contributed by atoms with Gasteiger partial charge in [-0.25, -0.2) is 9.37 Å². The smallest absolute Gasteiger partial charge is 0.271 e. The molecule has 0 atom stereocenters. The third-order valence-corrected chi connectivity index (χ3v) is 5.26. The predicted molar refractivity (Wildman–Crippen MR) is 109 cm³/mol. The molecule has 0 fully saturated rings. The van der Waals surface area contributed by atoms with E-state index in [2.05, 4.69) is 20.9 Å². The number of nitriles is 1. The number of rotatable bonds is 3. The van der Waals surface area contributed by atoms with Crippen LogP contribution in [0.1, 0.15) is 16.2 Å². The van der Waals surface area contributed by atoms with Crippen molar-refractivity contribution in [2.24, 2.45) is 5.73 Å². The van der Waals surface area contributed by atoms with Gasteiger partial charge in [-0.3, -0.25) is 4.79 Å². The van der Waals surface area contributed by atoms with E-state index < -0.39 is 23.2 Å². The van der Waals surface area contributed by atoms with E-state index in [-0.39, 0.29) is 11.1 Å². The maximum atomic E-state index is 13.5. The van der Waals surface area contributed by atoms with Crippen LogP contribution in [0.3, 0.4) is 0 Å². The average Bonchev–Trinajstić information content (AvgIpc) is 3.03. The number of aromatic hydroxyl groups is 1. The van der Waals surface area contributed by atoms with Crippen molar-refractivity contribution in [3.8, 4) is 28.8 Å². The standard InChI is InChI=1S/C21H12BrFN4O2/c22-16-15-19(14(10-24)26-17(20(15)28)21(25)29)27(13-4-2-1-3-5-13)18(16)11-6-8-12(23)9-7-11/h1-9,28H,(H2,25,29). The van der Waals surface area contributed by atoms with E-state index in [1.165, 1.54) is 12.1 Å². The molecule has 0 saturated heterocycles. The molecule has 0 aliphatic carbocycles. The van der Waals surface area contributed by atoms with E-state index in [1.807, 2.05) is 36.4 Å². The van der Waals surface area contributed by atoms with Gasteiger partial charge in [-0.1, -0.05) is 18.2 Å². The molecular formula is C21H12BrFN4O2. The molecule has 0 aliphatic heterocycles. The minimum atomic E-state index is -0.955. The van der Waals surface area contributed by atoms with Gasteiger partial charge in [0.15, 0.2) is 17.1 Å². The van der Waals surface area contributed by atoms with Gasteiger partial charge >= 0.3 is 0 Å². The van der Waals surface area contributed by atoms with Crippen LogP contribution >= 0.6 is 15.9 Å². The molecule has 4 rings (SSSR count). The van der Waals surface area contributed by atoms with Crippen molar-refractivity contribution in [3.05, 3.63) is 76.3 Å². The first-order chi connectivity index (χ1) is 13.9. The molecule has 0 spiro atoms. The molecule has 2 aromatic heterocycles. The molecule has 2 heterocycles. The van der Waals surface area contributed by atoms with Crippen molar-refractivity contribution in [1.29, 1.82) is 5.26 Å². The summed E-state index contributed by atoms with van der Waals surface area (Å²) in [5, 5.41) is 20.6. The number of carbonyl (C=O) groups excluding carboxylic acids is 1. The SMILES string of the molecule is N#Cc1nc(C(N)=O)c(O)c2c(Br)c(-c3ccc(F)cc3)n(-c3ccccc3)c12. The largest absolute Gasteiger partial charge is 0.505 e. The quantitative estimate of drug-likeness (QED) is 0.485. The first-order valence-corrected chi connectivity index (χ1v) is 9.21. The van der Waals surface area contributed by atoms with Gasteiger partial charge < -0.3 is 15.4 Å². The Morgan fingerprint density at radius 3 is 2.41 bits per heavy atom. The number of para-hydroxylation sites is 1. The summed E-state index contributed by atoms with van der Waals surface area (Å²) < 4.78 is 15.6. The van der Waals surface area contributed by atoms with E-state index in [0.717, 1.165) is 0 Å². The van der Waals surface area contributed by atoms with E-state index in [0.29, 0.717) is 26.9 Å². The monoisotopic (exact) mass is 450 g/mol. The number of nitrogens with zero attached hydrogens (tertiary/aromatic N) is 3. The summed E-state index contributed by atoms with van der Waals surface area (Å²) in [6.07, 6.45) is 0.